The number of fused-ring (bicyclic) bond motifs is 1. The Morgan fingerprint density at radius 3 is 2.52 bits per heavy atom. The average Bonchev–Trinajstić information content (AvgIpc) is 2.78. The van der Waals surface area contributed by atoms with Crippen LogP contribution in [0.2, 0.25) is 0 Å². The zero-order chi connectivity index (χ0) is 22.2. The molecule has 8 nitrogen and oxygen atoms in total. The number of likely N-dealkylation sites (N-methyl/N-ethyl adjacent to an activating group) is 1. The summed E-state index contributed by atoms with van der Waals surface area (Å²) in [7, 11) is 1.67. The van der Waals surface area contributed by atoms with Crippen molar-refractivity contribution in [3.8, 4) is 23.0 Å². The molecule has 0 unspecified atom stereocenters. The van der Waals surface area contributed by atoms with Crippen LogP contribution >= 0.6 is 0 Å². The van der Waals surface area contributed by atoms with Crippen LogP contribution in [-0.2, 0) is 4.79 Å². The van der Waals surface area contributed by atoms with E-state index in [-0.39, 0.29) is 24.5 Å². The van der Waals surface area contributed by atoms with E-state index >= 15 is 0 Å². The Morgan fingerprint density at radius 1 is 1.06 bits per heavy atom. The van der Waals surface area contributed by atoms with Gasteiger partial charge in [-0.3, -0.25) is 9.59 Å². The van der Waals surface area contributed by atoms with Crippen LogP contribution in [0.4, 0.5) is 0 Å². The van der Waals surface area contributed by atoms with Crippen molar-refractivity contribution < 1.29 is 28.5 Å². The van der Waals surface area contributed by atoms with Gasteiger partial charge in [-0.1, -0.05) is 12.1 Å². The quantitative estimate of drug-likeness (QED) is 0.661. The second-order valence-corrected chi connectivity index (χ2v) is 6.98. The number of hydrogen-bond acceptors (Lipinski definition) is 6. The molecule has 0 radical (unpaired) electrons. The predicted octanol–water partition coefficient (Wildman–Crippen LogP) is 2.51. The molecule has 2 amide bonds. The lowest BCUT2D eigenvalue weighted by Crippen LogP contribution is -2.45. The van der Waals surface area contributed by atoms with Crippen molar-refractivity contribution in [1.82, 2.24) is 10.2 Å². The molecule has 0 saturated carbocycles. The van der Waals surface area contributed by atoms with Crippen molar-refractivity contribution in [2.24, 2.45) is 0 Å². The van der Waals surface area contributed by atoms with E-state index < -0.39 is 0 Å². The molecule has 1 atom stereocenters. The zero-order valence-corrected chi connectivity index (χ0v) is 18.1. The Balaban J connectivity index is 1.52. The highest BCUT2D eigenvalue weighted by Crippen LogP contribution is 2.31. The van der Waals surface area contributed by atoms with E-state index in [1.165, 1.54) is 4.90 Å². The molecule has 0 spiro atoms. The molecule has 166 valence electrons. The SMILES string of the molecule is CCOc1ccc(C(=O)NCC(=O)N(C)C[C@H]2COc3ccccc3O2)cc1OCC. The molecule has 1 N–H and O–H groups in total. The van der Waals surface area contributed by atoms with Crippen molar-refractivity contribution in [1.29, 1.82) is 0 Å². The molecule has 31 heavy (non-hydrogen) atoms. The number of amides is 2. The Morgan fingerprint density at radius 2 is 1.77 bits per heavy atom. The lowest BCUT2D eigenvalue weighted by atomic mass is 10.2. The van der Waals surface area contributed by atoms with Crippen LogP contribution in [0.15, 0.2) is 42.5 Å². The fourth-order valence-electron chi connectivity index (χ4n) is 3.15. The van der Waals surface area contributed by atoms with Crippen LogP contribution in [-0.4, -0.2) is 62.8 Å². The van der Waals surface area contributed by atoms with Crippen molar-refractivity contribution in [2.75, 3.05) is 40.0 Å². The van der Waals surface area contributed by atoms with Gasteiger partial charge in [0.1, 0.15) is 6.61 Å². The molecular formula is C23H28N2O6. The van der Waals surface area contributed by atoms with Gasteiger partial charge in [-0.25, -0.2) is 0 Å². The summed E-state index contributed by atoms with van der Waals surface area (Å²) >= 11 is 0. The third-order valence-electron chi connectivity index (χ3n) is 4.68. The summed E-state index contributed by atoms with van der Waals surface area (Å²) in [5, 5.41) is 2.65. The predicted molar refractivity (Wildman–Crippen MR) is 115 cm³/mol. The maximum Gasteiger partial charge on any atom is 0.251 e. The van der Waals surface area contributed by atoms with Crippen LogP contribution < -0.4 is 24.3 Å². The second kappa shape index (κ2) is 10.6. The normalized spacial score (nSPS) is 14.5. The van der Waals surface area contributed by atoms with Crippen LogP contribution in [0.5, 0.6) is 23.0 Å². The fourth-order valence-corrected chi connectivity index (χ4v) is 3.15. The van der Waals surface area contributed by atoms with E-state index in [9.17, 15) is 9.59 Å². The van der Waals surface area contributed by atoms with Crippen molar-refractivity contribution in [3.05, 3.63) is 48.0 Å². The third-order valence-corrected chi connectivity index (χ3v) is 4.68. The highest BCUT2D eigenvalue weighted by atomic mass is 16.6. The molecule has 0 fully saturated rings. The van der Waals surface area contributed by atoms with Gasteiger partial charge in [0.25, 0.3) is 5.91 Å². The molecule has 0 bridgehead atoms. The van der Waals surface area contributed by atoms with Gasteiger partial charge in [-0.2, -0.15) is 0 Å². The molecule has 1 heterocycles. The summed E-state index contributed by atoms with van der Waals surface area (Å²) in [5.74, 6) is 1.84. The van der Waals surface area contributed by atoms with E-state index in [4.69, 9.17) is 18.9 Å². The molecule has 2 aromatic rings. The first-order valence-electron chi connectivity index (χ1n) is 10.3. The topological polar surface area (TPSA) is 86.3 Å². The summed E-state index contributed by atoms with van der Waals surface area (Å²) in [5.41, 5.74) is 0.392. The lowest BCUT2D eigenvalue weighted by molar-refractivity contribution is -0.130. The van der Waals surface area contributed by atoms with E-state index in [1.54, 1.807) is 25.2 Å². The summed E-state index contributed by atoms with van der Waals surface area (Å²) in [6.07, 6.45) is -0.278. The van der Waals surface area contributed by atoms with Gasteiger partial charge in [0.2, 0.25) is 5.91 Å². The molecule has 0 aromatic heterocycles. The van der Waals surface area contributed by atoms with Crippen LogP contribution in [0.1, 0.15) is 24.2 Å². The van der Waals surface area contributed by atoms with Gasteiger partial charge in [0.15, 0.2) is 29.1 Å². The molecule has 8 heteroatoms. The van der Waals surface area contributed by atoms with Crippen LogP contribution in [0.25, 0.3) is 0 Å². The van der Waals surface area contributed by atoms with E-state index in [1.807, 2.05) is 38.1 Å². The molecule has 3 rings (SSSR count). The summed E-state index contributed by atoms with van der Waals surface area (Å²) < 4.78 is 22.6. The first kappa shape index (κ1) is 22.3. The number of rotatable bonds is 9. The number of ether oxygens (including phenoxy) is 4. The van der Waals surface area contributed by atoms with E-state index in [0.29, 0.717) is 54.9 Å². The lowest BCUT2D eigenvalue weighted by Gasteiger charge is -2.29. The van der Waals surface area contributed by atoms with Gasteiger partial charge in [0.05, 0.1) is 26.3 Å². The number of hydrogen-bond donors (Lipinski definition) is 1. The standard InChI is InChI=1S/C23H28N2O6/c1-4-28-19-11-10-16(12-21(19)29-5-2)23(27)24-13-22(26)25(3)14-17-15-30-18-8-6-7-9-20(18)31-17/h6-12,17H,4-5,13-15H2,1-3H3,(H,24,27)/t17-/m0/s1. The molecule has 1 aliphatic rings. The van der Waals surface area contributed by atoms with Crippen molar-refractivity contribution in [3.63, 3.8) is 0 Å². The van der Waals surface area contributed by atoms with E-state index in [0.717, 1.165) is 0 Å². The van der Waals surface area contributed by atoms with Gasteiger partial charge >= 0.3 is 0 Å². The highest BCUT2D eigenvalue weighted by molar-refractivity contribution is 5.97. The molecule has 0 aliphatic carbocycles. The summed E-state index contributed by atoms with van der Waals surface area (Å²) in [6.45, 7) is 5.25. The fraction of sp³-hybridized carbons (Fsp3) is 0.391. The smallest absolute Gasteiger partial charge is 0.251 e. The number of para-hydroxylation sites is 2. The highest BCUT2D eigenvalue weighted by Gasteiger charge is 2.24. The maximum atomic E-state index is 12.5. The Kier molecular flexibility index (Phi) is 7.59. The Hall–Kier alpha value is -3.42. The number of nitrogens with zero attached hydrogens (tertiary/aromatic N) is 1. The average molecular weight is 428 g/mol. The van der Waals surface area contributed by atoms with Crippen LogP contribution in [0.3, 0.4) is 0 Å². The molecule has 2 aromatic carbocycles. The van der Waals surface area contributed by atoms with Crippen LogP contribution in [0, 0.1) is 0 Å². The summed E-state index contributed by atoms with van der Waals surface area (Å²) in [6, 6.07) is 12.4. The number of carbonyl (C=O) groups is 2. The van der Waals surface area contributed by atoms with Gasteiger partial charge in [-0.05, 0) is 44.2 Å². The molecule has 1 aliphatic heterocycles. The molecule has 0 saturated heterocycles. The maximum absolute atomic E-state index is 12.5. The van der Waals surface area contributed by atoms with Crippen molar-refractivity contribution in [2.45, 2.75) is 20.0 Å². The van der Waals surface area contributed by atoms with E-state index in [2.05, 4.69) is 5.32 Å². The minimum absolute atomic E-state index is 0.128. The number of nitrogens with one attached hydrogen (secondary N) is 1. The Labute approximate surface area is 182 Å². The van der Waals surface area contributed by atoms with Gasteiger partial charge in [0, 0.05) is 12.6 Å². The first-order valence-corrected chi connectivity index (χ1v) is 10.3. The third kappa shape index (κ3) is 5.81. The number of carbonyl (C=O) groups excluding carboxylic acids is 2. The Bertz CT molecular complexity index is 917. The molecular weight excluding hydrogens is 400 g/mol. The van der Waals surface area contributed by atoms with Gasteiger partial charge in [-0.15, -0.1) is 0 Å². The monoisotopic (exact) mass is 428 g/mol. The minimum atomic E-state index is -0.364. The zero-order valence-electron chi connectivity index (χ0n) is 18.1. The second-order valence-electron chi connectivity index (χ2n) is 6.98. The van der Waals surface area contributed by atoms with Crippen molar-refractivity contribution >= 4 is 11.8 Å². The summed E-state index contributed by atoms with van der Waals surface area (Å²) in [4.78, 5) is 26.5. The minimum Gasteiger partial charge on any atom is -0.490 e. The largest absolute Gasteiger partial charge is 0.490 e. The van der Waals surface area contributed by atoms with Gasteiger partial charge < -0.3 is 29.2 Å². The first-order chi connectivity index (χ1) is 15.0. The number of benzene rings is 2.